The SMILES string of the molecule is CN(C)S(=O)(=O)N[C@H]1CCCN(C(=O)OC(C)(C)C)[C@H]1CO[C@H]1CC=C(OS(=O)(=O)C(F)(F)F)CC1. The predicted octanol–water partition coefficient (Wildman–Crippen LogP) is 2.47. The Kier molecular flexibility index (Phi) is 9.70. The van der Waals surface area contributed by atoms with Crippen LogP contribution in [-0.2, 0) is 34.0 Å². The first kappa shape index (κ1) is 30.6. The molecule has 1 amide bonds. The third-order valence-electron chi connectivity index (χ3n) is 5.51. The maximum Gasteiger partial charge on any atom is 0.534 e. The Hall–Kier alpha value is -1.62. The first-order valence-electron chi connectivity index (χ1n) is 11.3. The minimum absolute atomic E-state index is 0.0740. The van der Waals surface area contributed by atoms with Crippen molar-refractivity contribution in [2.24, 2.45) is 0 Å². The van der Waals surface area contributed by atoms with E-state index in [0.717, 1.165) is 4.31 Å². The third-order valence-corrected chi connectivity index (χ3v) is 8.07. The first-order chi connectivity index (χ1) is 16.3. The van der Waals surface area contributed by atoms with Crippen molar-refractivity contribution < 1.29 is 48.5 Å². The van der Waals surface area contributed by atoms with E-state index in [1.54, 1.807) is 20.8 Å². The van der Waals surface area contributed by atoms with Crippen LogP contribution >= 0.6 is 0 Å². The molecule has 2 aliphatic rings. The van der Waals surface area contributed by atoms with Crippen LogP contribution in [0.1, 0.15) is 52.9 Å². The van der Waals surface area contributed by atoms with Crippen LogP contribution in [0, 0.1) is 0 Å². The lowest BCUT2D eigenvalue weighted by Gasteiger charge is -2.42. The molecule has 36 heavy (non-hydrogen) atoms. The van der Waals surface area contributed by atoms with Crippen LogP contribution in [0.2, 0.25) is 0 Å². The minimum Gasteiger partial charge on any atom is -0.444 e. The van der Waals surface area contributed by atoms with Gasteiger partial charge in [-0.15, -0.1) is 0 Å². The number of alkyl halides is 3. The smallest absolute Gasteiger partial charge is 0.444 e. The van der Waals surface area contributed by atoms with E-state index in [9.17, 15) is 34.8 Å². The summed E-state index contributed by atoms with van der Waals surface area (Å²) in [4.78, 5) is 14.3. The summed E-state index contributed by atoms with van der Waals surface area (Å²) in [6.07, 6.45) is 1.21. The lowest BCUT2D eigenvalue weighted by atomic mass is 9.97. The summed E-state index contributed by atoms with van der Waals surface area (Å²) in [6.45, 7) is 5.37. The summed E-state index contributed by atoms with van der Waals surface area (Å²) < 4.78 is 104. The second-order valence-electron chi connectivity index (χ2n) is 9.78. The molecular formula is C20H34F3N3O8S2. The number of allylic oxidation sites excluding steroid dienone is 1. The fourth-order valence-corrected chi connectivity index (χ4v) is 5.08. The molecule has 0 aromatic heterocycles. The average molecular weight is 566 g/mol. The summed E-state index contributed by atoms with van der Waals surface area (Å²) in [5, 5.41) is 0. The van der Waals surface area contributed by atoms with Gasteiger partial charge < -0.3 is 18.6 Å². The standard InChI is InChI=1S/C20H34F3N3O8S2/c1-19(2,3)33-18(27)26-12-6-7-16(24-36(30,31)25(4)5)17(26)13-32-14-8-10-15(11-9-14)34-35(28,29)20(21,22)23/h10,14,16-17,24H,6-9,11-13H2,1-5H3/t14-,16-,17-/m0/s1. The highest BCUT2D eigenvalue weighted by Gasteiger charge is 2.49. The van der Waals surface area contributed by atoms with E-state index in [2.05, 4.69) is 8.91 Å². The Bertz CT molecular complexity index is 1020. The highest BCUT2D eigenvalue weighted by molar-refractivity contribution is 7.87. The first-order valence-corrected chi connectivity index (χ1v) is 14.2. The predicted molar refractivity (Wildman–Crippen MR) is 123 cm³/mol. The maximum atomic E-state index is 12.9. The molecule has 1 aliphatic carbocycles. The van der Waals surface area contributed by atoms with Crippen LogP contribution in [0.4, 0.5) is 18.0 Å². The van der Waals surface area contributed by atoms with Gasteiger partial charge in [-0.2, -0.15) is 39.0 Å². The molecule has 0 unspecified atom stereocenters. The van der Waals surface area contributed by atoms with E-state index in [1.165, 1.54) is 25.1 Å². The Morgan fingerprint density at radius 3 is 2.31 bits per heavy atom. The zero-order valence-electron chi connectivity index (χ0n) is 20.9. The fourth-order valence-electron chi connectivity index (χ4n) is 3.68. The van der Waals surface area contributed by atoms with Crippen LogP contribution in [0.5, 0.6) is 0 Å². The zero-order valence-corrected chi connectivity index (χ0v) is 22.5. The zero-order chi connectivity index (χ0) is 27.5. The van der Waals surface area contributed by atoms with Crippen molar-refractivity contribution in [3.05, 3.63) is 11.8 Å². The molecule has 1 N–H and O–H groups in total. The highest BCUT2D eigenvalue weighted by atomic mass is 32.2. The highest BCUT2D eigenvalue weighted by Crippen LogP contribution is 2.31. The van der Waals surface area contributed by atoms with E-state index >= 15 is 0 Å². The molecular weight excluding hydrogens is 531 g/mol. The van der Waals surface area contributed by atoms with Gasteiger partial charge in [-0.1, -0.05) is 0 Å². The number of rotatable bonds is 8. The van der Waals surface area contributed by atoms with E-state index in [4.69, 9.17) is 9.47 Å². The van der Waals surface area contributed by atoms with Gasteiger partial charge in [-0.3, -0.25) is 0 Å². The molecule has 2 rings (SSSR count). The molecule has 1 fully saturated rings. The van der Waals surface area contributed by atoms with Crippen molar-refractivity contribution in [3.8, 4) is 0 Å². The summed E-state index contributed by atoms with van der Waals surface area (Å²) in [6, 6.07) is -1.39. The molecule has 1 aliphatic heterocycles. The Morgan fingerprint density at radius 1 is 1.17 bits per heavy atom. The number of amides is 1. The normalized spacial score (nSPS) is 24.4. The van der Waals surface area contributed by atoms with Crippen molar-refractivity contribution in [1.29, 1.82) is 0 Å². The topological polar surface area (TPSA) is 132 Å². The molecule has 1 heterocycles. The van der Waals surface area contributed by atoms with Gasteiger partial charge in [0.2, 0.25) is 0 Å². The number of nitrogens with zero attached hydrogens (tertiary/aromatic N) is 2. The van der Waals surface area contributed by atoms with E-state index in [-0.39, 0.29) is 31.6 Å². The van der Waals surface area contributed by atoms with Crippen LogP contribution < -0.4 is 4.72 Å². The fraction of sp³-hybridized carbons (Fsp3) is 0.850. The molecule has 3 atom stereocenters. The van der Waals surface area contributed by atoms with Gasteiger partial charge in [0, 0.05) is 33.1 Å². The minimum atomic E-state index is -5.74. The lowest BCUT2D eigenvalue weighted by Crippen LogP contribution is -2.60. The average Bonchev–Trinajstić information content (AvgIpc) is 2.71. The van der Waals surface area contributed by atoms with Gasteiger partial charge in [-0.25, -0.2) is 4.79 Å². The van der Waals surface area contributed by atoms with Crippen molar-refractivity contribution >= 4 is 26.4 Å². The Balaban J connectivity index is 2.13. The molecule has 1 saturated heterocycles. The summed E-state index contributed by atoms with van der Waals surface area (Å²) in [5.41, 5.74) is -6.30. The summed E-state index contributed by atoms with van der Waals surface area (Å²) in [5.74, 6) is -0.322. The third kappa shape index (κ3) is 8.46. The monoisotopic (exact) mass is 565 g/mol. The number of likely N-dealkylation sites (tertiary alicyclic amines) is 1. The second-order valence-corrected chi connectivity index (χ2v) is 13.2. The van der Waals surface area contributed by atoms with E-state index in [0.29, 0.717) is 19.4 Å². The quantitative estimate of drug-likeness (QED) is 0.351. The number of carbonyl (C=O) groups is 1. The lowest BCUT2D eigenvalue weighted by molar-refractivity contribution is -0.0530. The van der Waals surface area contributed by atoms with Crippen LogP contribution in [-0.4, -0.2) is 88.7 Å². The molecule has 11 nitrogen and oxygen atoms in total. The molecule has 0 saturated carbocycles. The molecule has 0 bridgehead atoms. The molecule has 210 valence electrons. The van der Waals surface area contributed by atoms with Crippen LogP contribution in [0.3, 0.4) is 0 Å². The number of hydrogen-bond donors (Lipinski definition) is 1. The van der Waals surface area contributed by atoms with Crippen molar-refractivity contribution in [3.63, 3.8) is 0 Å². The number of nitrogens with one attached hydrogen (secondary N) is 1. The molecule has 0 radical (unpaired) electrons. The molecule has 0 aromatic carbocycles. The van der Waals surface area contributed by atoms with Crippen molar-refractivity contribution in [2.45, 2.75) is 82.2 Å². The maximum absolute atomic E-state index is 12.9. The molecule has 16 heteroatoms. The van der Waals surface area contributed by atoms with Gasteiger partial charge in [0.25, 0.3) is 10.2 Å². The number of hydrogen-bond acceptors (Lipinski definition) is 8. The van der Waals surface area contributed by atoms with Crippen LogP contribution in [0.15, 0.2) is 11.8 Å². The number of piperidine rings is 1. The largest absolute Gasteiger partial charge is 0.534 e. The molecule has 0 aromatic rings. The van der Waals surface area contributed by atoms with Gasteiger partial charge in [0.15, 0.2) is 0 Å². The van der Waals surface area contributed by atoms with Gasteiger partial charge in [-0.05, 0) is 52.5 Å². The van der Waals surface area contributed by atoms with Gasteiger partial charge in [0.05, 0.1) is 18.8 Å². The number of halogens is 3. The molecule has 0 spiro atoms. The summed E-state index contributed by atoms with van der Waals surface area (Å²) >= 11 is 0. The number of ether oxygens (including phenoxy) is 2. The number of carbonyl (C=O) groups excluding carboxylic acids is 1. The Labute approximate surface area is 210 Å². The summed E-state index contributed by atoms with van der Waals surface area (Å²) in [7, 11) is -6.82. The van der Waals surface area contributed by atoms with Crippen LogP contribution in [0.25, 0.3) is 0 Å². The van der Waals surface area contributed by atoms with Gasteiger partial charge in [0.1, 0.15) is 11.4 Å². The van der Waals surface area contributed by atoms with E-state index < -0.39 is 55.7 Å². The van der Waals surface area contributed by atoms with Crippen molar-refractivity contribution in [2.75, 3.05) is 27.2 Å². The van der Waals surface area contributed by atoms with Gasteiger partial charge >= 0.3 is 21.7 Å². The van der Waals surface area contributed by atoms with E-state index in [1.807, 2.05) is 0 Å². The van der Waals surface area contributed by atoms with Crippen molar-refractivity contribution in [1.82, 2.24) is 13.9 Å². The second kappa shape index (κ2) is 11.4. The Morgan fingerprint density at radius 2 is 1.81 bits per heavy atom.